The highest BCUT2D eigenvalue weighted by Crippen LogP contribution is 2.29. The fourth-order valence-corrected chi connectivity index (χ4v) is 3.78. The Bertz CT molecular complexity index is 731. The maximum absolute atomic E-state index is 6.16. The van der Waals surface area contributed by atoms with E-state index in [9.17, 15) is 0 Å². The summed E-state index contributed by atoms with van der Waals surface area (Å²) in [7, 11) is 2.00. The monoisotopic (exact) mass is 358 g/mol. The van der Waals surface area contributed by atoms with E-state index in [-0.39, 0.29) is 18.2 Å². The van der Waals surface area contributed by atoms with Crippen LogP contribution in [0.5, 0.6) is 0 Å². The molecule has 3 heterocycles. The average Bonchev–Trinajstić information content (AvgIpc) is 3.04. The largest absolute Gasteiger partial charge is 0.374 e. The van der Waals surface area contributed by atoms with E-state index in [4.69, 9.17) is 4.74 Å². The molecule has 1 fully saturated rings. The van der Waals surface area contributed by atoms with Gasteiger partial charge in [-0.3, -0.25) is 9.58 Å². The van der Waals surface area contributed by atoms with E-state index in [1.54, 1.807) is 0 Å². The SMILES string of the molecule is CCN1CCO[C@@H](CNC(C)c2cnc(C)nc2C)[C@@H]1c1ccnn1C. The zero-order valence-corrected chi connectivity index (χ0v) is 16.4. The predicted molar refractivity (Wildman–Crippen MR) is 101 cm³/mol. The summed E-state index contributed by atoms with van der Waals surface area (Å²) in [5.41, 5.74) is 3.36. The van der Waals surface area contributed by atoms with Crippen LogP contribution in [0.25, 0.3) is 0 Å². The van der Waals surface area contributed by atoms with Gasteiger partial charge in [-0.15, -0.1) is 0 Å². The summed E-state index contributed by atoms with van der Waals surface area (Å²) in [4.78, 5) is 11.3. The Kier molecular flexibility index (Phi) is 6.01. The number of hydrogen-bond donors (Lipinski definition) is 1. The highest BCUT2D eigenvalue weighted by atomic mass is 16.5. The van der Waals surface area contributed by atoms with Gasteiger partial charge in [0.1, 0.15) is 5.82 Å². The van der Waals surface area contributed by atoms with Gasteiger partial charge in [0.2, 0.25) is 0 Å². The van der Waals surface area contributed by atoms with Crippen LogP contribution < -0.4 is 5.32 Å². The number of rotatable bonds is 6. The van der Waals surface area contributed by atoms with Gasteiger partial charge in [0, 0.05) is 49.8 Å². The van der Waals surface area contributed by atoms with Crippen LogP contribution in [0.15, 0.2) is 18.5 Å². The van der Waals surface area contributed by atoms with Crippen molar-refractivity contribution in [2.75, 3.05) is 26.2 Å². The summed E-state index contributed by atoms with van der Waals surface area (Å²) in [6.45, 7) is 11.8. The molecule has 0 radical (unpaired) electrons. The van der Waals surface area contributed by atoms with Gasteiger partial charge in [-0.05, 0) is 33.4 Å². The van der Waals surface area contributed by atoms with Crippen LogP contribution in [0.1, 0.15) is 48.7 Å². The summed E-state index contributed by atoms with van der Waals surface area (Å²) in [5, 5.41) is 7.98. The fourth-order valence-electron chi connectivity index (χ4n) is 3.78. The van der Waals surface area contributed by atoms with Gasteiger partial charge in [0.15, 0.2) is 0 Å². The Hall–Kier alpha value is -1.83. The molecule has 0 bridgehead atoms. The van der Waals surface area contributed by atoms with Gasteiger partial charge in [-0.1, -0.05) is 6.92 Å². The average molecular weight is 358 g/mol. The van der Waals surface area contributed by atoms with Crippen LogP contribution in [-0.2, 0) is 11.8 Å². The van der Waals surface area contributed by atoms with Gasteiger partial charge in [-0.2, -0.15) is 5.10 Å². The molecule has 1 saturated heterocycles. The Morgan fingerprint density at radius 1 is 1.38 bits per heavy atom. The van der Waals surface area contributed by atoms with E-state index in [1.807, 2.05) is 38.0 Å². The van der Waals surface area contributed by atoms with Gasteiger partial charge in [0.05, 0.1) is 24.4 Å². The second-order valence-electron chi connectivity index (χ2n) is 6.95. The Morgan fingerprint density at radius 2 is 2.19 bits per heavy atom. The summed E-state index contributed by atoms with van der Waals surface area (Å²) in [5.74, 6) is 0.809. The van der Waals surface area contributed by atoms with Crippen molar-refractivity contribution in [3.05, 3.63) is 41.2 Å². The molecular formula is C19H30N6O. The number of nitrogens with one attached hydrogen (secondary N) is 1. The summed E-state index contributed by atoms with van der Waals surface area (Å²) < 4.78 is 8.12. The van der Waals surface area contributed by atoms with E-state index in [0.29, 0.717) is 0 Å². The Labute approximate surface area is 155 Å². The molecule has 7 heteroatoms. The number of aryl methyl sites for hydroxylation is 3. The standard InChI is InChI=1S/C19H30N6O/c1-6-25-9-10-26-18(19(25)17-7-8-22-24(17)5)12-20-13(2)16-11-21-15(4)23-14(16)3/h7-8,11,13,18-20H,6,9-10,12H2,1-5H3/t13?,18-,19-/m0/s1. The summed E-state index contributed by atoms with van der Waals surface area (Å²) >= 11 is 0. The van der Waals surface area contributed by atoms with Crippen molar-refractivity contribution in [2.45, 2.75) is 45.9 Å². The van der Waals surface area contributed by atoms with Crippen molar-refractivity contribution < 1.29 is 4.74 Å². The molecule has 2 aromatic rings. The van der Waals surface area contributed by atoms with Crippen molar-refractivity contribution in [2.24, 2.45) is 7.05 Å². The van der Waals surface area contributed by atoms with Crippen LogP contribution in [0, 0.1) is 13.8 Å². The first-order valence-electron chi connectivity index (χ1n) is 9.38. The molecule has 26 heavy (non-hydrogen) atoms. The van der Waals surface area contributed by atoms with E-state index in [2.05, 4.69) is 45.2 Å². The predicted octanol–water partition coefficient (Wildman–Crippen LogP) is 1.94. The lowest BCUT2D eigenvalue weighted by Crippen LogP contribution is -2.49. The first-order valence-corrected chi connectivity index (χ1v) is 9.38. The van der Waals surface area contributed by atoms with Crippen molar-refractivity contribution in [3.63, 3.8) is 0 Å². The molecular weight excluding hydrogens is 328 g/mol. The minimum absolute atomic E-state index is 0.0771. The molecule has 0 aromatic carbocycles. The molecule has 0 saturated carbocycles. The summed E-state index contributed by atoms with van der Waals surface area (Å²) in [6, 6.07) is 2.47. The Balaban J connectivity index is 1.73. The molecule has 0 amide bonds. The second-order valence-corrected chi connectivity index (χ2v) is 6.95. The van der Waals surface area contributed by atoms with Gasteiger partial charge in [-0.25, -0.2) is 9.97 Å². The quantitative estimate of drug-likeness (QED) is 0.851. The lowest BCUT2D eigenvalue weighted by atomic mass is 10.0. The number of likely N-dealkylation sites (N-methyl/N-ethyl adjacent to an activating group) is 1. The van der Waals surface area contributed by atoms with Crippen molar-refractivity contribution in [3.8, 4) is 0 Å². The number of morpholine rings is 1. The van der Waals surface area contributed by atoms with E-state index in [0.717, 1.165) is 43.3 Å². The Morgan fingerprint density at radius 3 is 2.85 bits per heavy atom. The zero-order chi connectivity index (χ0) is 18.7. The minimum Gasteiger partial charge on any atom is -0.374 e. The number of ether oxygens (including phenoxy) is 1. The van der Waals surface area contributed by atoms with E-state index in [1.165, 1.54) is 5.69 Å². The maximum atomic E-state index is 6.16. The molecule has 0 aliphatic carbocycles. The van der Waals surface area contributed by atoms with Crippen molar-refractivity contribution in [1.82, 2.24) is 30.0 Å². The molecule has 2 aromatic heterocycles. The van der Waals surface area contributed by atoms with E-state index < -0.39 is 0 Å². The number of aromatic nitrogens is 4. The third-order valence-electron chi connectivity index (χ3n) is 5.25. The minimum atomic E-state index is 0.0771. The van der Waals surface area contributed by atoms with Crippen LogP contribution in [0.3, 0.4) is 0 Å². The smallest absolute Gasteiger partial charge is 0.125 e. The molecule has 0 spiro atoms. The molecule has 1 aliphatic rings. The maximum Gasteiger partial charge on any atom is 0.125 e. The van der Waals surface area contributed by atoms with Crippen LogP contribution in [-0.4, -0.2) is 57.0 Å². The lowest BCUT2D eigenvalue weighted by Gasteiger charge is -2.41. The molecule has 3 rings (SSSR count). The van der Waals surface area contributed by atoms with Gasteiger partial charge >= 0.3 is 0 Å². The third-order valence-corrected chi connectivity index (χ3v) is 5.25. The fraction of sp³-hybridized carbons (Fsp3) is 0.632. The first kappa shape index (κ1) is 18.9. The third kappa shape index (κ3) is 3.95. The summed E-state index contributed by atoms with van der Waals surface area (Å²) in [6.07, 6.45) is 3.86. The highest BCUT2D eigenvalue weighted by molar-refractivity contribution is 5.20. The number of nitrogens with zero attached hydrogens (tertiary/aromatic N) is 5. The van der Waals surface area contributed by atoms with Crippen molar-refractivity contribution >= 4 is 0 Å². The first-order chi connectivity index (χ1) is 12.5. The molecule has 142 valence electrons. The van der Waals surface area contributed by atoms with Crippen molar-refractivity contribution in [1.29, 1.82) is 0 Å². The molecule has 7 nitrogen and oxygen atoms in total. The topological polar surface area (TPSA) is 68.1 Å². The van der Waals surface area contributed by atoms with Gasteiger partial charge in [0.25, 0.3) is 0 Å². The van der Waals surface area contributed by atoms with Crippen LogP contribution >= 0.6 is 0 Å². The normalized spacial score (nSPS) is 22.5. The van der Waals surface area contributed by atoms with Crippen LogP contribution in [0.2, 0.25) is 0 Å². The van der Waals surface area contributed by atoms with Crippen LogP contribution in [0.4, 0.5) is 0 Å². The molecule has 1 N–H and O–H groups in total. The molecule has 3 atom stereocenters. The van der Waals surface area contributed by atoms with Gasteiger partial charge < -0.3 is 10.1 Å². The zero-order valence-electron chi connectivity index (χ0n) is 16.4. The molecule has 1 aliphatic heterocycles. The van der Waals surface area contributed by atoms with E-state index >= 15 is 0 Å². The molecule has 1 unspecified atom stereocenters. The second kappa shape index (κ2) is 8.24. The lowest BCUT2D eigenvalue weighted by molar-refractivity contribution is -0.0725. The number of hydrogen-bond acceptors (Lipinski definition) is 6. The highest BCUT2D eigenvalue weighted by Gasteiger charge is 2.34.